The SMILES string of the molecule is CCCCCN(CCC(=O)O)CCN(C)C. The molecule has 0 saturated carbocycles. The minimum atomic E-state index is -0.703. The van der Waals surface area contributed by atoms with Crippen LogP contribution in [-0.2, 0) is 4.79 Å². The van der Waals surface area contributed by atoms with E-state index in [-0.39, 0.29) is 6.42 Å². The van der Waals surface area contributed by atoms with Crippen LogP contribution in [0.2, 0.25) is 0 Å². The van der Waals surface area contributed by atoms with E-state index < -0.39 is 5.97 Å². The third-order valence-electron chi connectivity index (χ3n) is 2.58. The van der Waals surface area contributed by atoms with Gasteiger partial charge in [-0.3, -0.25) is 4.79 Å². The Hall–Kier alpha value is -0.610. The van der Waals surface area contributed by atoms with Gasteiger partial charge in [-0.05, 0) is 27.1 Å². The third kappa shape index (κ3) is 9.93. The summed E-state index contributed by atoms with van der Waals surface area (Å²) in [5, 5.41) is 8.67. The van der Waals surface area contributed by atoms with E-state index in [0.29, 0.717) is 6.54 Å². The van der Waals surface area contributed by atoms with E-state index in [0.717, 1.165) is 19.6 Å². The zero-order valence-electron chi connectivity index (χ0n) is 10.9. The number of rotatable bonds is 10. The second kappa shape index (κ2) is 9.60. The number of likely N-dealkylation sites (N-methyl/N-ethyl adjacent to an activating group) is 1. The Morgan fingerprint density at radius 1 is 1.06 bits per heavy atom. The topological polar surface area (TPSA) is 43.8 Å². The number of carbonyl (C=O) groups is 1. The minimum Gasteiger partial charge on any atom is -0.481 e. The lowest BCUT2D eigenvalue weighted by Gasteiger charge is -2.23. The van der Waals surface area contributed by atoms with Crippen LogP contribution < -0.4 is 0 Å². The monoisotopic (exact) mass is 230 g/mol. The quantitative estimate of drug-likeness (QED) is 0.578. The number of nitrogens with zero attached hydrogens (tertiary/aromatic N) is 2. The first-order chi connectivity index (χ1) is 7.56. The lowest BCUT2D eigenvalue weighted by molar-refractivity contribution is -0.137. The standard InChI is InChI=1S/C12H26N2O2/c1-4-5-6-8-14(9-7-12(15)16)11-10-13(2)3/h4-11H2,1-3H3,(H,15,16). The molecule has 0 atom stereocenters. The summed E-state index contributed by atoms with van der Waals surface area (Å²) in [7, 11) is 4.09. The zero-order chi connectivity index (χ0) is 12.4. The summed E-state index contributed by atoms with van der Waals surface area (Å²) in [6.07, 6.45) is 3.86. The molecule has 0 fully saturated rings. The molecule has 0 spiro atoms. The van der Waals surface area contributed by atoms with Gasteiger partial charge in [0, 0.05) is 19.6 Å². The Bertz CT molecular complexity index is 184. The molecule has 0 aromatic carbocycles. The summed E-state index contributed by atoms with van der Waals surface area (Å²) in [5.74, 6) is -0.703. The predicted octanol–water partition coefficient (Wildman–Crippen LogP) is 1.51. The number of aliphatic carboxylic acids is 1. The lowest BCUT2D eigenvalue weighted by atomic mass is 10.2. The van der Waals surface area contributed by atoms with E-state index in [9.17, 15) is 4.79 Å². The first-order valence-electron chi connectivity index (χ1n) is 6.15. The summed E-state index contributed by atoms with van der Waals surface area (Å²) < 4.78 is 0. The van der Waals surface area contributed by atoms with Crippen molar-refractivity contribution < 1.29 is 9.90 Å². The minimum absolute atomic E-state index is 0.250. The largest absolute Gasteiger partial charge is 0.481 e. The summed E-state index contributed by atoms with van der Waals surface area (Å²) in [4.78, 5) is 14.9. The fourth-order valence-corrected chi connectivity index (χ4v) is 1.52. The highest BCUT2D eigenvalue weighted by Crippen LogP contribution is 2.00. The highest BCUT2D eigenvalue weighted by molar-refractivity contribution is 5.66. The fraction of sp³-hybridized carbons (Fsp3) is 0.917. The van der Waals surface area contributed by atoms with E-state index in [1.807, 2.05) is 14.1 Å². The first-order valence-corrected chi connectivity index (χ1v) is 6.15. The van der Waals surface area contributed by atoms with Crippen molar-refractivity contribution in [3.63, 3.8) is 0 Å². The molecule has 4 heteroatoms. The molecular weight excluding hydrogens is 204 g/mol. The molecule has 0 radical (unpaired) electrons. The Morgan fingerprint density at radius 3 is 2.25 bits per heavy atom. The van der Waals surface area contributed by atoms with Crippen molar-refractivity contribution in [2.24, 2.45) is 0 Å². The van der Waals surface area contributed by atoms with Crippen molar-refractivity contribution in [2.45, 2.75) is 32.6 Å². The van der Waals surface area contributed by atoms with E-state index in [1.54, 1.807) is 0 Å². The molecule has 0 rings (SSSR count). The van der Waals surface area contributed by atoms with Gasteiger partial charge in [-0.15, -0.1) is 0 Å². The zero-order valence-corrected chi connectivity index (χ0v) is 10.9. The summed E-state index contributed by atoms with van der Waals surface area (Å²) in [5.41, 5.74) is 0. The lowest BCUT2D eigenvalue weighted by Crippen LogP contribution is -2.34. The molecule has 0 aliphatic heterocycles. The number of carboxylic acid groups (broad SMARTS) is 1. The van der Waals surface area contributed by atoms with Gasteiger partial charge >= 0.3 is 5.97 Å². The molecule has 0 aliphatic rings. The van der Waals surface area contributed by atoms with Gasteiger partial charge in [0.05, 0.1) is 6.42 Å². The highest BCUT2D eigenvalue weighted by Gasteiger charge is 2.07. The molecule has 0 aliphatic carbocycles. The van der Waals surface area contributed by atoms with Gasteiger partial charge in [0.2, 0.25) is 0 Å². The molecule has 1 N–H and O–H groups in total. The van der Waals surface area contributed by atoms with E-state index in [4.69, 9.17) is 5.11 Å². The van der Waals surface area contributed by atoms with Crippen LogP contribution in [0.1, 0.15) is 32.6 Å². The van der Waals surface area contributed by atoms with Crippen LogP contribution in [0.4, 0.5) is 0 Å². The molecule has 0 aromatic heterocycles. The highest BCUT2D eigenvalue weighted by atomic mass is 16.4. The molecule has 0 aromatic rings. The smallest absolute Gasteiger partial charge is 0.304 e. The van der Waals surface area contributed by atoms with Crippen LogP contribution in [0.15, 0.2) is 0 Å². The number of hydrogen-bond acceptors (Lipinski definition) is 3. The Labute approximate surface area is 99.2 Å². The number of carboxylic acids is 1. The van der Waals surface area contributed by atoms with Gasteiger partial charge in [0.15, 0.2) is 0 Å². The Kier molecular flexibility index (Phi) is 9.24. The van der Waals surface area contributed by atoms with Gasteiger partial charge in [-0.2, -0.15) is 0 Å². The second-order valence-electron chi connectivity index (χ2n) is 4.50. The summed E-state index contributed by atoms with van der Waals surface area (Å²) in [6, 6.07) is 0. The summed E-state index contributed by atoms with van der Waals surface area (Å²) >= 11 is 0. The molecule has 0 saturated heterocycles. The van der Waals surface area contributed by atoms with Crippen LogP contribution in [0.3, 0.4) is 0 Å². The average molecular weight is 230 g/mol. The third-order valence-corrected chi connectivity index (χ3v) is 2.58. The van der Waals surface area contributed by atoms with Crippen LogP contribution in [0, 0.1) is 0 Å². The maximum absolute atomic E-state index is 10.5. The maximum atomic E-state index is 10.5. The van der Waals surface area contributed by atoms with Crippen LogP contribution in [-0.4, -0.2) is 61.2 Å². The fourth-order valence-electron chi connectivity index (χ4n) is 1.52. The summed E-state index contributed by atoms with van der Waals surface area (Å²) in [6.45, 7) is 5.83. The molecule has 96 valence electrons. The second-order valence-corrected chi connectivity index (χ2v) is 4.50. The van der Waals surface area contributed by atoms with Crippen molar-refractivity contribution in [1.82, 2.24) is 9.80 Å². The maximum Gasteiger partial charge on any atom is 0.304 e. The molecule has 0 unspecified atom stereocenters. The van der Waals surface area contributed by atoms with E-state index >= 15 is 0 Å². The normalized spacial score (nSPS) is 11.3. The predicted molar refractivity (Wildman–Crippen MR) is 66.8 cm³/mol. The molecule has 0 heterocycles. The average Bonchev–Trinajstić information content (AvgIpc) is 2.21. The van der Waals surface area contributed by atoms with Crippen molar-refractivity contribution in [1.29, 1.82) is 0 Å². The van der Waals surface area contributed by atoms with Crippen molar-refractivity contribution >= 4 is 5.97 Å². The van der Waals surface area contributed by atoms with Crippen molar-refractivity contribution in [2.75, 3.05) is 40.3 Å². The number of unbranched alkanes of at least 4 members (excludes halogenated alkanes) is 2. The van der Waals surface area contributed by atoms with E-state index in [1.165, 1.54) is 19.3 Å². The molecule has 0 bridgehead atoms. The Balaban J connectivity index is 3.80. The Morgan fingerprint density at radius 2 is 1.75 bits per heavy atom. The van der Waals surface area contributed by atoms with Gasteiger partial charge in [-0.1, -0.05) is 19.8 Å². The first kappa shape index (κ1) is 15.4. The van der Waals surface area contributed by atoms with Crippen LogP contribution >= 0.6 is 0 Å². The molecular formula is C12H26N2O2. The van der Waals surface area contributed by atoms with E-state index in [2.05, 4.69) is 16.7 Å². The molecule has 0 amide bonds. The molecule has 16 heavy (non-hydrogen) atoms. The van der Waals surface area contributed by atoms with Gasteiger partial charge in [0.25, 0.3) is 0 Å². The number of hydrogen-bond donors (Lipinski definition) is 1. The van der Waals surface area contributed by atoms with Gasteiger partial charge < -0.3 is 14.9 Å². The molecule has 4 nitrogen and oxygen atoms in total. The van der Waals surface area contributed by atoms with Gasteiger partial charge in [0.1, 0.15) is 0 Å². The van der Waals surface area contributed by atoms with Gasteiger partial charge in [-0.25, -0.2) is 0 Å². The van der Waals surface area contributed by atoms with Crippen molar-refractivity contribution in [3.05, 3.63) is 0 Å². The van der Waals surface area contributed by atoms with Crippen LogP contribution in [0.25, 0.3) is 0 Å². The van der Waals surface area contributed by atoms with Crippen LogP contribution in [0.5, 0.6) is 0 Å². The van der Waals surface area contributed by atoms with Crippen molar-refractivity contribution in [3.8, 4) is 0 Å².